The molecule has 0 spiro atoms. The van der Waals surface area contributed by atoms with Crippen LogP contribution in [0.1, 0.15) is 18.5 Å². The molecular formula is C17H14FN3O5. The molecule has 1 amide bonds. The van der Waals surface area contributed by atoms with Crippen molar-refractivity contribution in [1.82, 2.24) is 9.88 Å². The number of hydrogen-bond donors (Lipinski definition) is 1. The number of nitro groups is 1. The third-order valence-electron chi connectivity index (χ3n) is 3.91. The van der Waals surface area contributed by atoms with Crippen LogP contribution >= 0.6 is 0 Å². The van der Waals surface area contributed by atoms with Gasteiger partial charge in [0, 0.05) is 6.07 Å². The highest BCUT2D eigenvalue weighted by Gasteiger charge is 2.17. The van der Waals surface area contributed by atoms with Gasteiger partial charge in [-0.2, -0.15) is 0 Å². The van der Waals surface area contributed by atoms with E-state index >= 15 is 0 Å². The second-order valence-electron chi connectivity index (χ2n) is 5.70. The molecule has 9 heteroatoms. The summed E-state index contributed by atoms with van der Waals surface area (Å²) in [4.78, 5) is 34.4. The number of aromatic nitrogens is 1. The summed E-state index contributed by atoms with van der Waals surface area (Å²) in [5, 5.41) is 13.5. The van der Waals surface area contributed by atoms with Crippen LogP contribution in [-0.4, -0.2) is 15.4 Å². The molecule has 26 heavy (non-hydrogen) atoms. The van der Waals surface area contributed by atoms with Gasteiger partial charge in [-0.05, 0) is 30.7 Å². The minimum atomic E-state index is -0.787. The zero-order valence-corrected chi connectivity index (χ0v) is 13.6. The molecule has 0 aliphatic carbocycles. The minimum Gasteiger partial charge on any atom is -0.407 e. The largest absolute Gasteiger partial charge is 0.420 e. The quantitative estimate of drug-likeness (QED) is 0.556. The van der Waals surface area contributed by atoms with Gasteiger partial charge in [0.15, 0.2) is 5.58 Å². The highest BCUT2D eigenvalue weighted by molar-refractivity contribution is 5.80. The Kier molecular flexibility index (Phi) is 4.53. The molecule has 8 nitrogen and oxygen atoms in total. The van der Waals surface area contributed by atoms with E-state index in [1.807, 2.05) is 0 Å². The van der Waals surface area contributed by atoms with Crippen LogP contribution in [0.2, 0.25) is 0 Å². The number of hydrogen-bond acceptors (Lipinski definition) is 5. The molecule has 1 heterocycles. The predicted molar refractivity (Wildman–Crippen MR) is 90.1 cm³/mol. The van der Waals surface area contributed by atoms with Crippen LogP contribution in [0.3, 0.4) is 0 Å². The van der Waals surface area contributed by atoms with Crippen molar-refractivity contribution in [3.05, 3.63) is 74.5 Å². The van der Waals surface area contributed by atoms with E-state index in [0.717, 1.165) is 10.6 Å². The third kappa shape index (κ3) is 3.46. The minimum absolute atomic E-state index is 0.0311. The zero-order valence-electron chi connectivity index (χ0n) is 13.6. The Balaban J connectivity index is 1.78. The molecule has 0 radical (unpaired) electrons. The van der Waals surface area contributed by atoms with Gasteiger partial charge in [0.05, 0.1) is 22.5 Å². The summed E-state index contributed by atoms with van der Waals surface area (Å²) in [6.45, 7) is 1.42. The van der Waals surface area contributed by atoms with Crippen molar-refractivity contribution in [2.75, 3.05) is 0 Å². The fraction of sp³-hybridized carbons (Fsp3) is 0.176. The SMILES string of the molecule is C[C@H](NC(=O)Cn1c(=O)oc2cc([N+](=O)[O-])ccc21)c1ccc(F)cc1. The maximum Gasteiger partial charge on any atom is 0.420 e. The summed E-state index contributed by atoms with van der Waals surface area (Å²) in [6, 6.07) is 9.02. The van der Waals surface area contributed by atoms with E-state index in [1.54, 1.807) is 19.1 Å². The predicted octanol–water partition coefficient (Wildman–Crippen LogP) is 2.52. The number of halogens is 1. The number of nitrogens with one attached hydrogen (secondary N) is 1. The summed E-state index contributed by atoms with van der Waals surface area (Å²) in [7, 11) is 0. The first-order valence-electron chi connectivity index (χ1n) is 7.68. The lowest BCUT2D eigenvalue weighted by molar-refractivity contribution is -0.384. The average Bonchev–Trinajstić information content (AvgIpc) is 2.90. The smallest absolute Gasteiger partial charge is 0.407 e. The number of benzene rings is 2. The van der Waals surface area contributed by atoms with E-state index in [1.165, 1.54) is 24.3 Å². The summed E-state index contributed by atoms with van der Waals surface area (Å²) >= 11 is 0. The third-order valence-corrected chi connectivity index (χ3v) is 3.91. The fourth-order valence-corrected chi connectivity index (χ4v) is 2.58. The Morgan fingerprint density at radius 3 is 2.65 bits per heavy atom. The zero-order chi connectivity index (χ0) is 18.8. The molecule has 0 unspecified atom stereocenters. The van der Waals surface area contributed by atoms with Gasteiger partial charge in [-0.25, -0.2) is 9.18 Å². The second kappa shape index (κ2) is 6.79. The van der Waals surface area contributed by atoms with Gasteiger partial charge in [-0.3, -0.25) is 19.5 Å². The molecule has 1 aromatic heterocycles. The van der Waals surface area contributed by atoms with Gasteiger partial charge in [-0.1, -0.05) is 12.1 Å². The lowest BCUT2D eigenvalue weighted by atomic mass is 10.1. The number of oxazole rings is 1. The highest BCUT2D eigenvalue weighted by atomic mass is 19.1. The standard InChI is InChI=1S/C17H14FN3O5/c1-10(11-2-4-12(18)5-3-11)19-16(22)9-20-14-7-6-13(21(24)25)8-15(14)26-17(20)23/h2-8,10H,9H2,1H3,(H,19,22)/t10-/m0/s1. The molecule has 0 aliphatic rings. The van der Waals surface area contributed by atoms with Crippen molar-refractivity contribution < 1.29 is 18.5 Å². The van der Waals surface area contributed by atoms with Gasteiger partial charge < -0.3 is 9.73 Å². The van der Waals surface area contributed by atoms with E-state index < -0.39 is 22.6 Å². The van der Waals surface area contributed by atoms with E-state index in [4.69, 9.17) is 4.42 Å². The average molecular weight is 359 g/mol. The van der Waals surface area contributed by atoms with Crippen LogP contribution in [0.25, 0.3) is 11.1 Å². The molecular weight excluding hydrogens is 345 g/mol. The van der Waals surface area contributed by atoms with E-state index in [-0.39, 0.29) is 29.1 Å². The maximum atomic E-state index is 13.0. The van der Waals surface area contributed by atoms with Crippen molar-refractivity contribution in [2.45, 2.75) is 19.5 Å². The lowest BCUT2D eigenvalue weighted by Crippen LogP contribution is -2.32. The number of nitrogens with zero attached hydrogens (tertiary/aromatic N) is 2. The number of non-ortho nitro benzene ring substituents is 1. The second-order valence-corrected chi connectivity index (χ2v) is 5.70. The molecule has 1 N–H and O–H groups in total. The van der Waals surface area contributed by atoms with Crippen LogP contribution < -0.4 is 11.1 Å². The number of fused-ring (bicyclic) bond motifs is 1. The first kappa shape index (κ1) is 17.3. The molecule has 3 rings (SSSR count). The van der Waals surface area contributed by atoms with Gasteiger partial charge in [0.25, 0.3) is 5.69 Å². The molecule has 0 saturated carbocycles. The maximum absolute atomic E-state index is 13.0. The molecule has 1 atom stereocenters. The Bertz CT molecular complexity index is 1040. The van der Waals surface area contributed by atoms with Crippen LogP contribution in [0, 0.1) is 15.9 Å². The van der Waals surface area contributed by atoms with Crippen LogP contribution in [0.4, 0.5) is 10.1 Å². The van der Waals surface area contributed by atoms with Crippen molar-refractivity contribution in [2.24, 2.45) is 0 Å². The molecule has 2 aromatic carbocycles. The molecule has 134 valence electrons. The van der Waals surface area contributed by atoms with E-state index in [0.29, 0.717) is 5.56 Å². The van der Waals surface area contributed by atoms with E-state index in [2.05, 4.69) is 5.32 Å². The Labute approximate surface area is 146 Å². The first-order chi connectivity index (χ1) is 12.3. The van der Waals surface area contributed by atoms with Gasteiger partial charge in [0.1, 0.15) is 12.4 Å². The summed E-state index contributed by atoms with van der Waals surface area (Å²) in [6.07, 6.45) is 0. The topological polar surface area (TPSA) is 107 Å². The van der Waals surface area contributed by atoms with Gasteiger partial charge in [-0.15, -0.1) is 0 Å². The van der Waals surface area contributed by atoms with E-state index in [9.17, 15) is 24.1 Å². The van der Waals surface area contributed by atoms with Gasteiger partial charge in [0.2, 0.25) is 5.91 Å². The van der Waals surface area contributed by atoms with Crippen LogP contribution in [0.15, 0.2) is 51.7 Å². The molecule has 0 fully saturated rings. The monoisotopic (exact) mass is 359 g/mol. The first-order valence-corrected chi connectivity index (χ1v) is 7.68. The van der Waals surface area contributed by atoms with Crippen LogP contribution in [-0.2, 0) is 11.3 Å². The molecule has 3 aromatic rings. The normalized spacial score (nSPS) is 12.1. The number of rotatable bonds is 5. The summed E-state index contributed by atoms with van der Waals surface area (Å²) in [5.74, 6) is -1.62. The highest BCUT2D eigenvalue weighted by Crippen LogP contribution is 2.20. The number of carbonyl (C=O) groups is 1. The molecule has 0 saturated heterocycles. The Morgan fingerprint density at radius 1 is 1.31 bits per heavy atom. The summed E-state index contributed by atoms with van der Waals surface area (Å²) in [5.41, 5.74) is 0.807. The fourth-order valence-electron chi connectivity index (χ4n) is 2.58. The van der Waals surface area contributed by atoms with Crippen molar-refractivity contribution >= 4 is 22.7 Å². The Morgan fingerprint density at radius 2 is 2.00 bits per heavy atom. The number of amides is 1. The lowest BCUT2D eigenvalue weighted by Gasteiger charge is -2.14. The van der Waals surface area contributed by atoms with Crippen molar-refractivity contribution in [3.63, 3.8) is 0 Å². The molecule has 0 aliphatic heterocycles. The summed E-state index contributed by atoms with van der Waals surface area (Å²) < 4.78 is 19.0. The van der Waals surface area contributed by atoms with Gasteiger partial charge >= 0.3 is 5.76 Å². The number of carbonyl (C=O) groups excluding carboxylic acids is 1. The number of nitro benzene ring substituents is 1. The Hall–Kier alpha value is -3.49. The van der Waals surface area contributed by atoms with Crippen molar-refractivity contribution in [1.29, 1.82) is 0 Å². The van der Waals surface area contributed by atoms with Crippen molar-refractivity contribution in [3.8, 4) is 0 Å². The van der Waals surface area contributed by atoms with Crippen LogP contribution in [0.5, 0.6) is 0 Å². The molecule has 0 bridgehead atoms.